The van der Waals surface area contributed by atoms with Gasteiger partial charge in [0, 0.05) is 12.6 Å². The van der Waals surface area contributed by atoms with E-state index >= 15 is 0 Å². The zero-order chi connectivity index (χ0) is 23.0. The fourth-order valence-electron chi connectivity index (χ4n) is 7.59. The number of piperidine rings is 1. The molecule has 1 saturated carbocycles. The highest BCUT2D eigenvalue weighted by Gasteiger charge is 2.55. The highest BCUT2D eigenvalue weighted by atomic mass is 16.2. The van der Waals surface area contributed by atoms with Crippen molar-refractivity contribution in [2.45, 2.75) is 70.9 Å². The zero-order valence-electron chi connectivity index (χ0n) is 20.3. The Morgan fingerprint density at radius 2 is 1.67 bits per heavy atom. The van der Waals surface area contributed by atoms with Crippen LogP contribution in [-0.4, -0.2) is 53.0 Å². The molecule has 1 aromatic carbocycles. The fourth-order valence-corrected chi connectivity index (χ4v) is 7.59. The maximum Gasteiger partial charge on any atom is 0.325 e. The van der Waals surface area contributed by atoms with Crippen LogP contribution in [0, 0.1) is 23.2 Å². The van der Waals surface area contributed by atoms with Gasteiger partial charge in [-0.25, -0.2) is 4.79 Å². The number of imide groups is 1. The summed E-state index contributed by atoms with van der Waals surface area (Å²) < 4.78 is 0. The van der Waals surface area contributed by atoms with Crippen LogP contribution in [0.4, 0.5) is 4.79 Å². The molecule has 5 heteroatoms. The molecular formula is C28H37N3O2. The Bertz CT molecular complexity index is 997. The molecule has 6 aliphatic rings. The predicted octanol–water partition coefficient (Wildman–Crippen LogP) is 4.17. The second-order valence-electron chi connectivity index (χ2n) is 12.0. The predicted molar refractivity (Wildman–Crippen MR) is 129 cm³/mol. The van der Waals surface area contributed by atoms with Gasteiger partial charge in [0.05, 0.1) is 0 Å². The molecule has 2 heterocycles. The van der Waals surface area contributed by atoms with Gasteiger partial charge < -0.3 is 5.32 Å². The number of benzene rings is 1. The molecule has 7 rings (SSSR count). The molecule has 1 N–H and O–H groups in total. The SMILES string of the molecule is CC1(C2CCN(CC3=CC[C@H]4C[C@@H]3C4(C)C)CC2)NC(=O)N(C2Cc3ccccc3C2)C1=O. The molecule has 0 aromatic heterocycles. The number of rotatable bonds is 4. The zero-order valence-corrected chi connectivity index (χ0v) is 20.3. The third kappa shape index (κ3) is 3.22. The summed E-state index contributed by atoms with van der Waals surface area (Å²) in [5.74, 6) is 1.82. The van der Waals surface area contributed by atoms with E-state index in [9.17, 15) is 9.59 Å². The Labute approximate surface area is 197 Å². The number of nitrogens with one attached hydrogen (secondary N) is 1. The van der Waals surface area contributed by atoms with E-state index in [-0.39, 0.29) is 23.9 Å². The molecule has 4 aliphatic carbocycles. The topological polar surface area (TPSA) is 52.7 Å². The van der Waals surface area contributed by atoms with Crippen molar-refractivity contribution in [3.05, 3.63) is 47.0 Å². The summed E-state index contributed by atoms with van der Waals surface area (Å²) in [5, 5.41) is 3.13. The average Bonchev–Trinajstić information content (AvgIpc) is 3.32. The van der Waals surface area contributed by atoms with Crippen LogP contribution in [0.3, 0.4) is 0 Å². The van der Waals surface area contributed by atoms with Gasteiger partial charge in [0.15, 0.2) is 0 Å². The molecule has 176 valence electrons. The lowest BCUT2D eigenvalue weighted by molar-refractivity contribution is -0.134. The van der Waals surface area contributed by atoms with Crippen LogP contribution in [0.2, 0.25) is 0 Å². The van der Waals surface area contributed by atoms with Gasteiger partial charge in [-0.15, -0.1) is 0 Å². The van der Waals surface area contributed by atoms with Crippen molar-refractivity contribution in [1.29, 1.82) is 0 Å². The van der Waals surface area contributed by atoms with Crippen LogP contribution in [0.1, 0.15) is 57.6 Å². The van der Waals surface area contributed by atoms with E-state index in [1.165, 1.54) is 24.0 Å². The van der Waals surface area contributed by atoms with E-state index < -0.39 is 5.54 Å². The summed E-state index contributed by atoms with van der Waals surface area (Å²) in [6.07, 6.45) is 8.60. The van der Waals surface area contributed by atoms with Crippen molar-refractivity contribution in [1.82, 2.24) is 15.1 Å². The van der Waals surface area contributed by atoms with Gasteiger partial charge in [-0.05, 0) is 92.8 Å². The Hall–Kier alpha value is -2.14. The molecule has 2 saturated heterocycles. The summed E-state index contributed by atoms with van der Waals surface area (Å²) in [5.41, 5.74) is 3.88. The number of nitrogens with zero attached hydrogens (tertiary/aromatic N) is 2. The molecule has 33 heavy (non-hydrogen) atoms. The highest BCUT2D eigenvalue weighted by molar-refractivity contribution is 6.07. The Morgan fingerprint density at radius 3 is 2.27 bits per heavy atom. The van der Waals surface area contributed by atoms with Crippen LogP contribution in [0.25, 0.3) is 0 Å². The van der Waals surface area contributed by atoms with Crippen LogP contribution in [0.15, 0.2) is 35.9 Å². The van der Waals surface area contributed by atoms with Crippen LogP contribution in [0.5, 0.6) is 0 Å². The third-order valence-electron chi connectivity index (χ3n) is 10.0. The number of carbonyl (C=O) groups is 2. The molecule has 3 fully saturated rings. The monoisotopic (exact) mass is 447 g/mol. The number of likely N-dealkylation sites (tertiary alicyclic amines) is 1. The lowest BCUT2D eigenvalue weighted by atomic mass is 9.49. The Kier molecular flexibility index (Phi) is 4.82. The minimum Gasteiger partial charge on any atom is -0.323 e. The molecule has 3 atom stereocenters. The maximum atomic E-state index is 13.6. The van der Waals surface area contributed by atoms with Gasteiger partial charge in [-0.2, -0.15) is 0 Å². The number of carbonyl (C=O) groups excluding carboxylic acids is 2. The van der Waals surface area contributed by atoms with Gasteiger partial charge in [-0.3, -0.25) is 14.6 Å². The van der Waals surface area contributed by atoms with Gasteiger partial charge >= 0.3 is 6.03 Å². The summed E-state index contributed by atoms with van der Waals surface area (Å²) in [6.45, 7) is 9.94. The molecule has 5 nitrogen and oxygen atoms in total. The van der Waals surface area contributed by atoms with Gasteiger partial charge in [0.2, 0.25) is 0 Å². The smallest absolute Gasteiger partial charge is 0.323 e. The first-order valence-corrected chi connectivity index (χ1v) is 12.9. The molecule has 1 aromatic rings. The number of fused-ring (bicyclic) bond motifs is 2. The van der Waals surface area contributed by atoms with Crippen molar-refractivity contribution < 1.29 is 9.59 Å². The van der Waals surface area contributed by atoms with Crippen LogP contribution < -0.4 is 5.32 Å². The minimum atomic E-state index is -0.773. The lowest BCUT2D eigenvalue weighted by Crippen LogP contribution is -2.55. The van der Waals surface area contributed by atoms with Crippen molar-refractivity contribution in [2.24, 2.45) is 23.2 Å². The number of amides is 3. The maximum absolute atomic E-state index is 13.6. The number of allylic oxidation sites excluding steroid dienone is 1. The number of hydrogen-bond donors (Lipinski definition) is 1. The van der Waals surface area contributed by atoms with E-state index in [1.807, 2.05) is 19.1 Å². The van der Waals surface area contributed by atoms with Gasteiger partial charge in [0.1, 0.15) is 5.54 Å². The first-order chi connectivity index (χ1) is 15.8. The van der Waals surface area contributed by atoms with Crippen molar-refractivity contribution in [2.75, 3.05) is 19.6 Å². The second kappa shape index (κ2) is 7.43. The largest absolute Gasteiger partial charge is 0.325 e. The van der Waals surface area contributed by atoms with E-state index in [4.69, 9.17) is 0 Å². The van der Waals surface area contributed by atoms with E-state index in [1.54, 1.807) is 10.5 Å². The summed E-state index contributed by atoms with van der Waals surface area (Å²) in [7, 11) is 0. The molecule has 0 spiro atoms. The van der Waals surface area contributed by atoms with E-state index in [0.717, 1.165) is 57.2 Å². The highest BCUT2D eigenvalue weighted by Crippen LogP contribution is 2.59. The molecule has 3 amide bonds. The minimum absolute atomic E-state index is 0.0130. The Morgan fingerprint density at radius 1 is 1.00 bits per heavy atom. The molecule has 2 aliphatic heterocycles. The normalized spacial score (nSPS) is 34.2. The first kappa shape index (κ1) is 21.4. The molecular weight excluding hydrogens is 410 g/mol. The Balaban J connectivity index is 1.09. The summed E-state index contributed by atoms with van der Waals surface area (Å²) >= 11 is 0. The first-order valence-electron chi connectivity index (χ1n) is 12.9. The van der Waals surface area contributed by atoms with Gasteiger partial charge in [0.25, 0.3) is 5.91 Å². The third-order valence-corrected chi connectivity index (χ3v) is 10.0. The van der Waals surface area contributed by atoms with Crippen molar-refractivity contribution in [3.63, 3.8) is 0 Å². The van der Waals surface area contributed by atoms with Crippen LogP contribution >= 0.6 is 0 Å². The van der Waals surface area contributed by atoms with Crippen LogP contribution in [-0.2, 0) is 17.6 Å². The van der Waals surface area contributed by atoms with Gasteiger partial charge in [-0.1, -0.05) is 49.8 Å². The summed E-state index contributed by atoms with van der Waals surface area (Å²) in [6, 6.07) is 8.07. The standard InChI is InChI=1S/C28H37N3O2/c1-27(2)22-9-8-20(24(27)16-22)17-30-12-10-21(11-13-30)28(3)25(32)31(26(33)29-28)23-14-18-6-4-5-7-19(18)15-23/h4-8,21-24H,9-17H2,1-3H3,(H,29,33)/t22-,24-,28?/m0/s1. The quantitative estimate of drug-likeness (QED) is 0.557. The van der Waals surface area contributed by atoms with E-state index in [0.29, 0.717) is 5.41 Å². The second-order valence-corrected chi connectivity index (χ2v) is 12.0. The number of hydrogen-bond acceptors (Lipinski definition) is 3. The molecule has 0 radical (unpaired) electrons. The fraction of sp³-hybridized carbons (Fsp3) is 0.643. The van der Waals surface area contributed by atoms with Crippen molar-refractivity contribution in [3.8, 4) is 0 Å². The van der Waals surface area contributed by atoms with E-state index in [2.05, 4.69) is 42.3 Å². The molecule has 1 unspecified atom stereocenters. The lowest BCUT2D eigenvalue weighted by Gasteiger charge is -2.57. The summed E-state index contributed by atoms with van der Waals surface area (Å²) in [4.78, 5) is 30.7. The van der Waals surface area contributed by atoms with Crippen molar-refractivity contribution >= 4 is 11.9 Å². The average molecular weight is 448 g/mol. The number of urea groups is 1. The molecule has 2 bridgehead atoms.